The number of hydrazone groups is 1. The first-order valence-corrected chi connectivity index (χ1v) is 6.38. The summed E-state index contributed by atoms with van der Waals surface area (Å²) in [5, 5.41) is 35.2. The zero-order valence-corrected chi connectivity index (χ0v) is 11.6. The monoisotopic (exact) mass is 303 g/mol. The molecule has 0 radical (unpaired) electrons. The molecule has 0 heterocycles. The predicted octanol–water partition coefficient (Wildman–Crippen LogP) is 2.12. The number of para-hydroxylation sites is 1. The SMILES string of the molecule is Oc1ccc(C=NNC(=S)Nc2ccccc2)c(O)c1O. The van der Waals surface area contributed by atoms with Crippen molar-refractivity contribution in [2.75, 3.05) is 5.32 Å². The molecule has 0 aliphatic rings. The first-order valence-electron chi connectivity index (χ1n) is 5.97. The zero-order chi connectivity index (χ0) is 15.2. The maximum atomic E-state index is 9.60. The lowest BCUT2D eigenvalue weighted by Gasteiger charge is -2.06. The van der Waals surface area contributed by atoms with E-state index < -0.39 is 17.2 Å². The molecule has 0 fully saturated rings. The lowest BCUT2D eigenvalue weighted by Crippen LogP contribution is -2.23. The molecule has 2 rings (SSSR count). The van der Waals surface area contributed by atoms with Gasteiger partial charge in [0.25, 0.3) is 0 Å². The maximum absolute atomic E-state index is 9.60. The van der Waals surface area contributed by atoms with Crippen molar-refractivity contribution in [3.05, 3.63) is 48.0 Å². The van der Waals surface area contributed by atoms with Gasteiger partial charge in [-0.05, 0) is 36.5 Å². The van der Waals surface area contributed by atoms with Gasteiger partial charge in [-0.25, -0.2) is 0 Å². The summed E-state index contributed by atoms with van der Waals surface area (Å²) in [5.41, 5.74) is 3.63. The maximum Gasteiger partial charge on any atom is 0.200 e. The molecule has 0 spiro atoms. The van der Waals surface area contributed by atoms with E-state index in [9.17, 15) is 15.3 Å². The van der Waals surface area contributed by atoms with Crippen LogP contribution in [0.5, 0.6) is 17.2 Å². The third-order valence-electron chi connectivity index (χ3n) is 2.56. The predicted molar refractivity (Wildman–Crippen MR) is 84.8 cm³/mol. The molecular formula is C14H13N3O3S. The summed E-state index contributed by atoms with van der Waals surface area (Å²) in [7, 11) is 0. The lowest BCUT2D eigenvalue weighted by molar-refractivity contribution is 0.367. The van der Waals surface area contributed by atoms with Crippen molar-refractivity contribution in [1.29, 1.82) is 0 Å². The van der Waals surface area contributed by atoms with E-state index in [4.69, 9.17) is 12.2 Å². The molecule has 5 N–H and O–H groups in total. The molecule has 108 valence electrons. The number of thiocarbonyl (C=S) groups is 1. The van der Waals surface area contributed by atoms with Crippen molar-refractivity contribution >= 4 is 29.2 Å². The van der Waals surface area contributed by atoms with Crippen LogP contribution in [0, 0.1) is 0 Å². The highest BCUT2D eigenvalue weighted by Gasteiger charge is 2.09. The van der Waals surface area contributed by atoms with Crippen LogP contribution in [0.15, 0.2) is 47.6 Å². The second kappa shape index (κ2) is 6.58. The molecule has 0 amide bonds. The van der Waals surface area contributed by atoms with Gasteiger partial charge < -0.3 is 20.6 Å². The van der Waals surface area contributed by atoms with Gasteiger partial charge in [-0.3, -0.25) is 5.43 Å². The van der Waals surface area contributed by atoms with Gasteiger partial charge in [0.15, 0.2) is 16.6 Å². The Morgan fingerprint density at radius 1 is 1.00 bits per heavy atom. The van der Waals surface area contributed by atoms with Crippen LogP contribution in [0.2, 0.25) is 0 Å². The van der Waals surface area contributed by atoms with E-state index >= 15 is 0 Å². The standard InChI is InChI=1S/C14H13N3O3S/c18-11-7-6-9(12(19)13(11)20)8-15-17-14(21)16-10-4-2-1-3-5-10/h1-8,18-20H,(H2,16,17,21). The molecule has 2 aromatic rings. The first kappa shape index (κ1) is 14.6. The summed E-state index contributed by atoms with van der Waals surface area (Å²) in [6.45, 7) is 0. The van der Waals surface area contributed by atoms with E-state index in [2.05, 4.69) is 15.8 Å². The molecule has 6 nitrogen and oxygen atoms in total. The molecule has 0 atom stereocenters. The minimum Gasteiger partial charge on any atom is -0.504 e. The normalized spacial score (nSPS) is 10.5. The summed E-state index contributed by atoms with van der Waals surface area (Å²) in [4.78, 5) is 0. The number of phenols is 3. The third kappa shape index (κ3) is 3.83. The highest BCUT2D eigenvalue weighted by molar-refractivity contribution is 7.80. The van der Waals surface area contributed by atoms with E-state index in [0.717, 1.165) is 5.69 Å². The number of nitrogens with zero attached hydrogens (tertiary/aromatic N) is 1. The summed E-state index contributed by atoms with van der Waals surface area (Å²) in [5.74, 6) is -1.45. The van der Waals surface area contributed by atoms with Gasteiger partial charge in [0.05, 0.1) is 6.21 Å². The fourth-order valence-corrected chi connectivity index (χ4v) is 1.70. The summed E-state index contributed by atoms with van der Waals surface area (Å²) < 4.78 is 0. The van der Waals surface area contributed by atoms with Crippen molar-refractivity contribution in [2.24, 2.45) is 5.10 Å². The Kier molecular flexibility index (Phi) is 4.57. The number of anilines is 1. The molecule has 7 heteroatoms. The van der Waals surface area contributed by atoms with Crippen LogP contribution < -0.4 is 10.7 Å². The molecule has 0 aliphatic heterocycles. The van der Waals surface area contributed by atoms with E-state index in [-0.39, 0.29) is 10.7 Å². The van der Waals surface area contributed by atoms with Crippen LogP contribution in [-0.4, -0.2) is 26.6 Å². The summed E-state index contributed by atoms with van der Waals surface area (Å²) >= 11 is 5.04. The second-order valence-electron chi connectivity index (χ2n) is 4.06. The molecule has 0 aliphatic carbocycles. The average molecular weight is 303 g/mol. The number of benzene rings is 2. The molecule has 0 saturated carbocycles. The van der Waals surface area contributed by atoms with E-state index in [1.165, 1.54) is 18.3 Å². The van der Waals surface area contributed by atoms with Gasteiger partial charge in [0.2, 0.25) is 5.75 Å². The van der Waals surface area contributed by atoms with Crippen LogP contribution >= 0.6 is 12.2 Å². The lowest BCUT2D eigenvalue weighted by atomic mass is 10.2. The quantitative estimate of drug-likeness (QED) is 0.258. The molecule has 21 heavy (non-hydrogen) atoms. The number of phenolic OH excluding ortho intramolecular Hbond substituents is 3. The fraction of sp³-hybridized carbons (Fsp3) is 0. The van der Waals surface area contributed by atoms with Crippen molar-refractivity contribution in [3.8, 4) is 17.2 Å². The van der Waals surface area contributed by atoms with E-state index in [1.54, 1.807) is 0 Å². The number of hydrogen-bond donors (Lipinski definition) is 5. The van der Waals surface area contributed by atoms with Crippen LogP contribution in [0.1, 0.15) is 5.56 Å². The smallest absolute Gasteiger partial charge is 0.200 e. The molecule has 0 aromatic heterocycles. The average Bonchev–Trinajstić information content (AvgIpc) is 2.48. The molecule has 0 bridgehead atoms. The molecule has 0 unspecified atom stereocenters. The minimum absolute atomic E-state index is 0.236. The van der Waals surface area contributed by atoms with Crippen LogP contribution in [0.4, 0.5) is 5.69 Å². The zero-order valence-electron chi connectivity index (χ0n) is 10.8. The number of hydrogen-bond acceptors (Lipinski definition) is 5. The van der Waals surface area contributed by atoms with Crippen molar-refractivity contribution in [2.45, 2.75) is 0 Å². The number of nitrogens with one attached hydrogen (secondary N) is 2. The first-order chi connectivity index (χ1) is 10.1. The van der Waals surface area contributed by atoms with Crippen molar-refractivity contribution < 1.29 is 15.3 Å². The van der Waals surface area contributed by atoms with Crippen LogP contribution in [0.3, 0.4) is 0 Å². The molecular weight excluding hydrogens is 290 g/mol. The van der Waals surface area contributed by atoms with Gasteiger partial charge in [0.1, 0.15) is 0 Å². The van der Waals surface area contributed by atoms with Gasteiger partial charge in [-0.1, -0.05) is 18.2 Å². The highest BCUT2D eigenvalue weighted by Crippen LogP contribution is 2.36. The topological polar surface area (TPSA) is 97.1 Å². The summed E-state index contributed by atoms with van der Waals surface area (Å²) in [6.07, 6.45) is 1.27. The Labute approximate surface area is 126 Å². The largest absolute Gasteiger partial charge is 0.504 e. The van der Waals surface area contributed by atoms with Gasteiger partial charge in [-0.15, -0.1) is 0 Å². The van der Waals surface area contributed by atoms with Crippen molar-refractivity contribution in [1.82, 2.24) is 5.43 Å². The number of rotatable bonds is 3. The van der Waals surface area contributed by atoms with E-state index in [0.29, 0.717) is 0 Å². The molecule has 0 saturated heterocycles. The van der Waals surface area contributed by atoms with Crippen LogP contribution in [0.25, 0.3) is 0 Å². The summed E-state index contributed by atoms with van der Waals surface area (Å²) in [6, 6.07) is 12.0. The van der Waals surface area contributed by atoms with E-state index in [1.807, 2.05) is 30.3 Å². The Morgan fingerprint density at radius 3 is 2.43 bits per heavy atom. The van der Waals surface area contributed by atoms with Crippen molar-refractivity contribution in [3.63, 3.8) is 0 Å². The Morgan fingerprint density at radius 2 is 1.71 bits per heavy atom. The minimum atomic E-state index is -0.594. The van der Waals surface area contributed by atoms with Crippen LogP contribution in [-0.2, 0) is 0 Å². The van der Waals surface area contributed by atoms with Gasteiger partial charge in [-0.2, -0.15) is 5.10 Å². The Balaban J connectivity index is 1.97. The van der Waals surface area contributed by atoms with Gasteiger partial charge in [0, 0.05) is 11.3 Å². The third-order valence-corrected chi connectivity index (χ3v) is 2.76. The Bertz CT molecular complexity index is 675. The fourth-order valence-electron chi connectivity index (χ4n) is 1.53. The van der Waals surface area contributed by atoms with Gasteiger partial charge >= 0.3 is 0 Å². The Hall–Kier alpha value is -2.80. The second-order valence-corrected chi connectivity index (χ2v) is 4.47. The number of aromatic hydroxyl groups is 3. The molecule has 2 aromatic carbocycles. The highest BCUT2D eigenvalue weighted by atomic mass is 32.1.